The SMILES string of the molecule is N#CC(C=Cc1ccc(Cc2ccc(C=CC(C#N)N=O)cc2)cc1)N=O. The Morgan fingerprint density at radius 2 is 1.11 bits per heavy atom. The Labute approximate surface area is 157 Å². The quantitative estimate of drug-likeness (QED) is 0.643. The van der Waals surface area contributed by atoms with Crippen molar-refractivity contribution in [1.29, 1.82) is 10.5 Å². The van der Waals surface area contributed by atoms with Crippen LogP contribution in [0.25, 0.3) is 12.2 Å². The van der Waals surface area contributed by atoms with Crippen molar-refractivity contribution in [2.24, 2.45) is 10.4 Å². The van der Waals surface area contributed by atoms with Gasteiger partial charge in [-0.25, -0.2) is 0 Å². The van der Waals surface area contributed by atoms with Gasteiger partial charge in [0, 0.05) is 0 Å². The Balaban J connectivity index is 1.99. The van der Waals surface area contributed by atoms with Crippen LogP contribution in [0.4, 0.5) is 0 Å². The topological polar surface area (TPSA) is 106 Å². The third-order valence-electron chi connectivity index (χ3n) is 3.80. The fraction of sp³-hybridized carbons (Fsp3) is 0.143. The Morgan fingerprint density at radius 3 is 1.41 bits per heavy atom. The van der Waals surface area contributed by atoms with Gasteiger partial charge >= 0.3 is 0 Å². The average molecular weight is 356 g/mol. The maximum absolute atomic E-state index is 10.4. The molecule has 2 atom stereocenters. The van der Waals surface area contributed by atoms with Crippen LogP contribution >= 0.6 is 0 Å². The Kier molecular flexibility index (Phi) is 7.32. The fourth-order valence-corrected chi connectivity index (χ4v) is 2.34. The van der Waals surface area contributed by atoms with Gasteiger partial charge in [-0.3, -0.25) is 0 Å². The highest BCUT2D eigenvalue weighted by atomic mass is 16.3. The smallest absolute Gasteiger partial charge is 0.195 e. The van der Waals surface area contributed by atoms with Crippen LogP contribution in [0, 0.1) is 32.5 Å². The van der Waals surface area contributed by atoms with Crippen LogP contribution in [-0.2, 0) is 6.42 Å². The van der Waals surface area contributed by atoms with Gasteiger partial charge in [0.25, 0.3) is 0 Å². The lowest BCUT2D eigenvalue weighted by Gasteiger charge is -2.04. The molecule has 6 nitrogen and oxygen atoms in total. The lowest BCUT2D eigenvalue weighted by molar-refractivity contribution is 1.03. The number of benzene rings is 2. The number of hydrogen-bond acceptors (Lipinski definition) is 6. The van der Waals surface area contributed by atoms with Crippen LogP contribution in [0.5, 0.6) is 0 Å². The van der Waals surface area contributed by atoms with Crippen LogP contribution < -0.4 is 0 Å². The molecule has 0 radical (unpaired) electrons. The molecule has 0 aliphatic rings. The van der Waals surface area contributed by atoms with Gasteiger partial charge in [0.15, 0.2) is 12.1 Å². The summed E-state index contributed by atoms with van der Waals surface area (Å²) in [6, 6.07) is 17.2. The molecule has 0 heterocycles. The first-order valence-electron chi connectivity index (χ1n) is 8.17. The first kappa shape index (κ1) is 19.4. The van der Waals surface area contributed by atoms with Crippen LogP contribution in [0.1, 0.15) is 22.3 Å². The highest BCUT2D eigenvalue weighted by Crippen LogP contribution is 2.14. The molecule has 2 aromatic rings. The van der Waals surface area contributed by atoms with Gasteiger partial charge in [-0.1, -0.05) is 60.7 Å². The van der Waals surface area contributed by atoms with Crippen molar-refractivity contribution < 1.29 is 0 Å². The van der Waals surface area contributed by atoms with Crippen molar-refractivity contribution in [3.63, 3.8) is 0 Å². The predicted molar refractivity (Wildman–Crippen MR) is 104 cm³/mol. The maximum Gasteiger partial charge on any atom is 0.196 e. The molecule has 0 bridgehead atoms. The van der Waals surface area contributed by atoms with Crippen molar-refractivity contribution in [3.8, 4) is 12.1 Å². The summed E-state index contributed by atoms with van der Waals surface area (Å²) >= 11 is 0. The molecule has 2 rings (SSSR count). The minimum absolute atomic E-state index is 0.751. The van der Waals surface area contributed by atoms with E-state index >= 15 is 0 Å². The van der Waals surface area contributed by atoms with Crippen LogP contribution in [0.2, 0.25) is 0 Å². The molecular formula is C21H16N4O2. The van der Waals surface area contributed by atoms with Gasteiger partial charge in [0.2, 0.25) is 0 Å². The number of nitrogens with zero attached hydrogens (tertiary/aromatic N) is 4. The van der Waals surface area contributed by atoms with E-state index in [1.54, 1.807) is 24.3 Å². The molecule has 0 saturated heterocycles. The lowest BCUT2D eigenvalue weighted by Crippen LogP contribution is -1.92. The monoisotopic (exact) mass is 356 g/mol. The van der Waals surface area contributed by atoms with Crippen molar-refractivity contribution >= 4 is 12.2 Å². The summed E-state index contributed by atoms with van der Waals surface area (Å²) in [6.45, 7) is 0. The summed E-state index contributed by atoms with van der Waals surface area (Å²) < 4.78 is 0. The molecule has 0 aliphatic carbocycles. The molecule has 27 heavy (non-hydrogen) atoms. The number of rotatable bonds is 8. The number of nitriles is 2. The minimum atomic E-state index is -0.969. The second kappa shape index (κ2) is 10.2. The van der Waals surface area contributed by atoms with E-state index in [1.807, 2.05) is 48.5 Å². The first-order valence-corrected chi connectivity index (χ1v) is 8.17. The normalized spacial score (nSPS) is 13.0. The van der Waals surface area contributed by atoms with Crippen molar-refractivity contribution in [1.82, 2.24) is 0 Å². The summed E-state index contributed by atoms with van der Waals surface area (Å²) in [6.07, 6.45) is 7.07. The van der Waals surface area contributed by atoms with Crippen LogP contribution in [0.15, 0.2) is 71.0 Å². The number of hydrogen-bond donors (Lipinski definition) is 0. The zero-order valence-electron chi connectivity index (χ0n) is 14.4. The summed E-state index contributed by atoms with van der Waals surface area (Å²) in [5, 5.41) is 22.8. The van der Waals surface area contributed by atoms with E-state index in [4.69, 9.17) is 10.5 Å². The van der Waals surface area contributed by atoms with Crippen molar-refractivity contribution in [2.75, 3.05) is 0 Å². The average Bonchev–Trinajstić information content (AvgIpc) is 2.72. The minimum Gasteiger partial charge on any atom is -0.195 e. The molecule has 0 amide bonds. The summed E-state index contributed by atoms with van der Waals surface area (Å²) in [5.74, 6) is 0. The van der Waals surface area contributed by atoms with Crippen molar-refractivity contribution in [3.05, 3.63) is 92.8 Å². The highest BCUT2D eigenvalue weighted by molar-refractivity contribution is 5.53. The van der Waals surface area contributed by atoms with Crippen LogP contribution in [0.3, 0.4) is 0 Å². The summed E-state index contributed by atoms with van der Waals surface area (Å²) in [4.78, 5) is 20.8. The highest BCUT2D eigenvalue weighted by Gasteiger charge is 2.01. The van der Waals surface area contributed by atoms with Gasteiger partial charge in [0.05, 0.1) is 12.1 Å². The Morgan fingerprint density at radius 1 is 0.741 bits per heavy atom. The van der Waals surface area contributed by atoms with E-state index in [2.05, 4.69) is 10.4 Å². The molecule has 2 unspecified atom stereocenters. The third kappa shape index (κ3) is 6.15. The van der Waals surface area contributed by atoms with Crippen molar-refractivity contribution in [2.45, 2.75) is 18.5 Å². The van der Waals surface area contributed by atoms with E-state index in [9.17, 15) is 9.81 Å². The zero-order valence-corrected chi connectivity index (χ0v) is 14.4. The van der Waals surface area contributed by atoms with E-state index in [0.29, 0.717) is 0 Å². The van der Waals surface area contributed by atoms with E-state index in [0.717, 1.165) is 28.7 Å². The molecular weight excluding hydrogens is 340 g/mol. The van der Waals surface area contributed by atoms with Gasteiger partial charge in [-0.2, -0.15) is 10.5 Å². The Hall–Kier alpha value is -3.90. The summed E-state index contributed by atoms with van der Waals surface area (Å²) in [5.41, 5.74) is 4.02. The predicted octanol–water partition coefficient (Wildman–Crippen LogP) is 4.62. The molecule has 2 aromatic carbocycles. The van der Waals surface area contributed by atoms with Gasteiger partial charge in [-0.05, 0) is 51.2 Å². The first-order chi connectivity index (χ1) is 13.2. The molecule has 0 aliphatic heterocycles. The fourth-order valence-electron chi connectivity index (χ4n) is 2.34. The Bertz CT molecular complexity index is 839. The molecule has 0 spiro atoms. The van der Waals surface area contributed by atoms with E-state index in [1.165, 1.54) is 12.2 Å². The maximum atomic E-state index is 10.4. The van der Waals surface area contributed by atoms with Gasteiger partial charge < -0.3 is 0 Å². The standard InChI is InChI=1S/C21H16N4O2/c22-14-20(24-26)11-9-16-1-5-18(6-2-16)13-19-7-3-17(4-8-19)10-12-21(15-23)25-27/h1-12,20-21H,13H2. The molecule has 0 aromatic heterocycles. The second-order valence-electron chi connectivity index (χ2n) is 5.74. The molecule has 132 valence electrons. The summed E-state index contributed by atoms with van der Waals surface area (Å²) in [7, 11) is 0. The molecule has 0 fully saturated rings. The lowest BCUT2D eigenvalue weighted by atomic mass is 10.0. The molecule has 0 N–H and O–H groups in total. The largest absolute Gasteiger partial charge is 0.196 e. The van der Waals surface area contributed by atoms with E-state index < -0.39 is 12.1 Å². The zero-order chi connectivity index (χ0) is 19.5. The van der Waals surface area contributed by atoms with Crippen LogP contribution in [-0.4, -0.2) is 12.1 Å². The van der Waals surface area contributed by atoms with E-state index in [-0.39, 0.29) is 0 Å². The molecule has 6 heteroatoms. The van der Waals surface area contributed by atoms with Gasteiger partial charge in [0.1, 0.15) is 0 Å². The molecule has 0 saturated carbocycles. The second-order valence-corrected chi connectivity index (χ2v) is 5.74. The number of nitroso groups, excluding NO2 is 2. The third-order valence-corrected chi connectivity index (χ3v) is 3.80. The van der Waals surface area contributed by atoms with Gasteiger partial charge in [-0.15, -0.1) is 9.81 Å².